The summed E-state index contributed by atoms with van der Waals surface area (Å²) in [5, 5.41) is 5.47. The Morgan fingerprint density at radius 3 is 2.62 bits per heavy atom. The molecule has 0 unspecified atom stereocenters. The highest BCUT2D eigenvalue weighted by Gasteiger charge is 2.18. The van der Waals surface area contributed by atoms with Gasteiger partial charge in [0.2, 0.25) is 0 Å². The van der Waals surface area contributed by atoms with Gasteiger partial charge in [0.1, 0.15) is 5.75 Å². The highest BCUT2D eigenvalue weighted by Crippen LogP contribution is 2.21. The molecule has 0 radical (unpaired) electrons. The predicted molar refractivity (Wildman–Crippen MR) is 104 cm³/mol. The molecule has 5 nitrogen and oxygen atoms in total. The van der Waals surface area contributed by atoms with Crippen LogP contribution in [0.15, 0.2) is 55.1 Å². The van der Waals surface area contributed by atoms with Gasteiger partial charge in [0, 0.05) is 6.54 Å². The normalized spacial score (nSPS) is 11.3. The molecule has 26 heavy (non-hydrogen) atoms. The van der Waals surface area contributed by atoms with Crippen LogP contribution in [0.5, 0.6) is 5.75 Å². The van der Waals surface area contributed by atoms with E-state index < -0.39 is 6.10 Å². The Bertz CT molecular complexity index is 815. The van der Waals surface area contributed by atoms with Crippen molar-refractivity contribution in [2.24, 2.45) is 0 Å². The quantitative estimate of drug-likeness (QED) is 0.748. The van der Waals surface area contributed by atoms with Gasteiger partial charge in [-0.05, 0) is 44.5 Å². The number of carbonyl (C=O) groups is 2. The summed E-state index contributed by atoms with van der Waals surface area (Å²) in [6, 6.07) is 12.6. The van der Waals surface area contributed by atoms with Crippen LogP contribution in [0.4, 0.5) is 5.69 Å². The van der Waals surface area contributed by atoms with Gasteiger partial charge in [-0.15, -0.1) is 6.58 Å². The molecule has 0 spiro atoms. The van der Waals surface area contributed by atoms with Crippen LogP contribution in [0.1, 0.15) is 28.4 Å². The predicted octanol–water partition coefficient (Wildman–Crippen LogP) is 3.63. The van der Waals surface area contributed by atoms with E-state index in [1.54, 1.807) is 37.3 Å². The minimum Gasteiger partial charge on any atom is -0.481 e. The smallest absolute Gasteiger partial charge is 0.265 e. The second kappa shape index (κ2) is 8.85. The standard InChI is InChI=1S/C21H24N2O3/c1-5-12-22-21(25)17-8-6-7-9-18(17)23-20(24)16(4)26-19-11-10-14(2)13-15(19)3/h5-11,13,16H,1,12H2,2-4H3,(H,22,25)(H,23,24)/t16-/m1/s1. The maximum Gasteiger partial charge on any atom is 0.265 e. The molecule has 0 aliphatic carbocycles. The fourth-order valence-electron chi connectivity index (χ4n) is 2.46. The Hall–Kier alpha value is -3.08. The molecular weight excluding hydrogens is 328 g/mol. The van der Waals surface area contributed by atoms with Gasteiger partial charge >= 0.3 is 0 Å². The molecule has 2 aromatic carbocycles. The van der Waals surface area contributed by atoms with E-state index in [1.807, 2.05) is 32.0 Å². The molecule has 0 aliphatic rings. The van der Waals surface area contributed by atoms with Gasteiger partial charge in [-0.1, -0.05) is 35.9 Å². The van der Waals surface area contributed by atoms with Crippen molar-refractivity contribution in [1.82, 2.24) is 5.32 Å². The average molecular weight is 352 g/mol. The van der Waals surface area contributed by atoms with Crippen LogP contribution >= 0.6 is 0 Å². The maximum atomic E-state index is 12.5. The van der Waals surface area contributed by atoms with Crippen molar-refractivity contribution in [3.63, 3.8) is 0 Å². The van der Waals surface area contributed by atoms with Crippen LogP contribution in [0.3, 0.4) is 0 Å². The molecule has 0 bridgehead atoms. The first kappa shape index (κ1) is 19.2. The molecule has 0 aliphatic heterocycles. The van der Waals surface area contributed by atoms with E-state index in [2.05, 4.69) is 17.2 Å². The fourth-order valence-corrected chi connectivity index (χ4v) is 2.46. The first-order chi connectivity index (χ1) is 12.4. The number of hydrogen-bond acceptors (Lipinski definition) is 3. The molecule has 2 aromatic rings. The van der Waals surface area contributed by atoms with E-state index in [0.717, 1.165) is 11.1 Å². The molecule has 2 rings (SSSR count). The highest BCUT2D eigenvalue weighted by atomic mass is 16.5. The summed E-state index contributed by atoms with van der Waals surface area (Å²) < 4.78 is 5.77. The molecule has 0 saturated carbocycles. The molecule has 0 heterocycles. The summed E-state index contributed by atoms with van der Waals surface area (Å²) in [4.78, 5) is 24.7. The Morgan fingerprint density at radius 2 is 1.92 bits per heavy atom. The van der Waals surface area contributed by atoms with Gasteiger partial charge in [-0.25, -0.2) is 0 Å². The first-order valence-corrected chi connectivity index (χ1v) is 8.45. The third kappa shape index (κ3) is 4.96. The van der Waals surface area contributed by atoms with Crippen LogP contribution in [-0.2, 0) is 4.79 Å². The zero-order chi connectivity index (χ0) is 19.1. The van der Waals surface area contributed by atoms with E-state index in [-0.39, 0.29) is 11.8 Å². The number of aryl methyl sites for hydroxylation is 2. The van der Waals surface area contributed by atoms with Crippen molar-refractivity contribution in [1.29, 1.82) is 0 Å². The number of nitrogens with one attached hydrogen (secondary N) is 2. The fraction of sp³-hybridized carbons (Fsp3) is 0.238. The van der Waals surface area contributed by atoms with E-state index >= 15 is 0 Å². The summed E-state index contributed by atoms with van der Waals surface area (Å²) in [7, 11) is 0. The summed E-state index contributed by atoms with van der Waals surface area (Å²) in [5.41, 5.74) is 2.93. The van der Waals surface area contributed by atoms with Crippen molar-refractivity contribution >= 4 is 17.5 Å². The summed E-state index contributed by atoms with van der Waals surface area (Å²) in [6.45, 7) is 9.54. The van der Waals surface area contributed by atoms with Crippen molar-refractivity contribution in [3.8, 4) is 5.75 Å². The Morgan fingerprint density at radius 1 is 1.19 bits per heavy atom. The number of anilines is 1. The second-order valence-electron chi connectivity index (χ2n) is 6.06. The zero-order valence-electron chi connectivity index (χ0n) is 15.3. The Kier molecular flexibility index (Phi) is 6.55. The van der Waals surface area contributed by atoms with Crippen molar-refractivity contribution < 1.29 is 14.3 Å². The van der Waals surface area contributed by atoms with Crippen LogP contribution in [0.2, 0.25) is 0 Å². The monoisotopic (exact) mass is 352 g/mol. The molecule has 0 saturated heterocycles. The molecule has 1 atom stereocenters. The van der Waals surface area contributed by atoms with Gasteiger partial charge in [-0.2, -0.15) is 0 Å². The van der Waals surface area contributed by atoms with Gasteiger partial charge in [0.05, 0.1) is 11.3 Å². The summed E-state index contributed by atoms with van der Waals surface area (Å²) in [6.07, 6.45) is 0.888. The Labute approximate surface area is 154 Å². The maximum absolute atomic E-state index is 12.5. The van der Waals surface area contributed by atoms with Gasteiger partial charge in [0.15, 0.2) is 6.10 Å². The molecular formula is C21H24N2O3. The van der Waals surface area contributed by atoms with Crippen LogP contribution in [0, 0.1) is 13.8 Å². The van der Waals surface area contributed by atoms with Crippen LogP contribution in [-0.4, -0.2) is 24.5 Å². The van der Waals surface area contributed by atoms with Crippen molar-refractivity contribution in [3.05, 3.63) is 71.8 Å². The van der Waals surface area contributed by atoms with Crippen LogP contribution < -0.4 is 15.4 Å². The van der Waals surface area contributed by atoms with Crippen molar-refractivity contribution in [2.75, 3.05) is 11.9 Å². The summed E-state index contributed by atoms with van der Waals surface area (Å²) in [5.74, 6) is 0.0629. The van der Waals surface area contributed by atoms with E-state index in [9.17, 15) is 9.59 Å². The minimum absolute atomic E-state index is 0.274. The number of benzene rings is 2. The lowest BCUT2D eigenvalue weighted by atomic mass is 10.1. The average Bonchev–Trinajstić information content (AvgIpc) is 2.62. The SMILES string of the molecule is C=CCNC(=O)c1ccccc1NC(=O)[C@@H](C)Oc1ccc(C)cc1C. The zero-order valence-corrected chi connectivity index (χ0v) is 15.3. The van der Waals surface area contributed by atoms with Gasteiger partial charge in [0.25, 0.3) is 11.8 Å². The number of rotatable bonds is 7. The number of amides is 2. The molecule has 136 valence electrons. The lowest BCUT2D eigenvalue weighted by Crippen LogP contribution is -2.32. The minimum atomic E-state index is -0.708. The lowest BCUT2D eigenvalue weighted by molar-refractivity contribution is -0.122. The van der Waals surface area contributed by atoms with E-state index in [4.69, 9.17) is 4.74 Å². The molecule has 0 aromatic heterocycles. The largest absolute Gasteiger partial charge is 0.481 e. The molecule has 2 N–H and O–H groups in total. The highest BCUT2D eigenvalue weighted by molar-refractivity contribution is 6.04. The second-order valence-corrected chi connectivity index (χ2v) is 6.06. The van der Waals surface area contributed by atoms with Crippen molar-refractivity contribution in [2.45, 2.75) is 26.9 Å². The van der Waals surface area contributed by atoms with E-state index in [0.29, 0.717) is 23.5 Å². The number of carbonyl (C=O) groups excluding carboxylic acids is 2. The van der Waals surface area contributed by atoms with E-state index in [1.165, 1.54) is 0 Å². The van der Waals surface area contributed by atoms with Crippen LogP contribution in [0.25, 0.3) is 0 Å². The topological polar surface area (TPSA) is 67.4 Å². The number of hydrogen-bond donors (Lipinski definition) is 2. The molecule has 2 amide bonds. The van der Waals surface area contributed by atoms with Gasteiger partial charge < -0.3 is 15.4 Å². The third-order valence-electron chi connectivity index (χ3n) is 3.84. The number of ether oxygens (including phenoxy) is 1. The third-order valence-corrected chi connectivity index (χ3v) is 3.84. The molecule has 5 heteroatoms. The lowest BCUT2D eigenvalue weighted by Gasteiger charge is -2.17. The Balaban J connectivity index is 2.09. The molecule has 0 fully saturated rings. The number of para-hydroxylation sites is 1. The summed E-state index contributed by atoms with van der Waals surface area (Å²) >= 11 is 0. The first-order valence-electron chi connectivity index (χ1n) is 8.45. The van der Waals surface area contributed by atoms with Gasteiger partial charge in [-0.3, -0.25) is 9.59 Å².